The number of hydrogen-bond acceptors (Lipinski definition) is 5. The van der Waals surface area contributed by atoms with Crippen LogP contribution in [0, 0.1) is 6.92 Å². The van der Waals surface area contributed by atoms with Crippen LogP contribution in [0.15, 0.2) is 91.3 Å². The topological polar surface area (TPSA) is 80.8 Å². The van der Waals surface area contributed by atoms with Crippen molar-refractivity contribution in [3.05, 3.63) is 119 Å². The van der Waals surface area contributed by atoms with E-state index in [0.29, 0.717) is 48.7 Å². The number of benzene rings is 3. The second kappa shape index (κ2) is 11.1. The fourth-order valence-corrected chi connectivity index (χ4v) is 5.81. The number of rotatable bonds is 8. The number of fused-ring (bicyclic) bond motifs is 4. The van der Waals surface area contributed by atoms with Crippen molar-refractivity contribution in [1.29, 1.82) is 0 Å². The minimum atomic E-state index is -0.927. The third-order valence-corrected chi connectivity index (χ3v) is 7.87. The Bertz CT molecular complexity index is 1570. The SMILES string of the molecule is Cc1ccc(CCNC(=O)c2cccc(N3C(=O)CC4CC3(C)Oc3c(OCc5ccncc5)cccc34)c2)cc1. The molecular formula is C34H33N3O4. The summed E-state index contributed by atoms with van der Waals surface area (Å²) in [4.78, 5) is 32.4. The number of para-hydroxylation sites is 1. The molecule has 2 bridgehead atoms. The molecule has 1 fully saturated rings. The Hall–Kier alpha value is -4.65. The smallest absolute Gasteiger partial charge is 0.251 e. The van der Waals surface area contributed by atoms with Gasteiger partial charge in [0.1, 0.15) is 6.61 Å². The van der Waals surface area contributed by atoms with Crippen molar-refractivity contribution in [2.75, 3.05) is 11.4 Å². The maximum absolute atomic E-state index is 13.6. The molecule has 2 aliphatic heterocycles. The normalized spacial score (nSPS) is 19.2. The quantitative estimate of drug-likeness (QED) is 0.294. The number of aromatic nitrogens is 1. The lowest BCUT2D eigenvalue weighted by Gasteiger charge is -2.50. The summed E-state index contributed by atoms with van der Waals surface area (Å²) in [5, 5.41) is 3.01. The van der Waals surface area contributed by atoms with Crippen molar-refractivity contribution in [2.45, 2.75) is 51.4 Å². The van der Waals surface area contributed by atoms with Crippen LogP contribution in [-0.2, 0) is 17.8 Å². The molecule has 6 rings (SSSR count). The van der Waals surface area contributed by atoms with Gasteiger partial charge in [-0.15, -0.1) is 0 Å². The molecule has 0 radical (unpaired) electrons. The highest BCUT2D eigenvalue weighted by molar-refractivity contribution is 5.99. The number of nitrogens with zero attached hydrogens (tertiary/aromatic N) is 2. The second-order valence-corrected chi connectivity index (χ2v) is 11.0. The third-order valence-electron chi connectivity index (χ3n) is 7.87. The summed E-state index contributed by atoms with van der Waals surface area (Å²) in [6, 6.07) is 25.2. The predicted molar refractivity (Wildman–Crippen MR) is 157 cm³/mol. The highest BCUT2D eigenvalue weighted by atomic mass is 16.5. The number of aryl methyl sites for hydroxylation is 1. The van der Waals surface area contributed by atoms with Gasteiger partial charge in [0.05, 0.1) is 0 Å². The van der Waals surface area contributed by atoms with Gasteiger partial charge in [0.15, 0.2) is 17.2 Å². The fourth-order valence-electron chi connectivity index (χ4n) is 5.81. The van der Waals surface area contributed by atoms with E-state index < -0.39 is 5.72 Å². The van der Waals surface area contributed by atoms with Crippen LogP contribution in [0.3, 0.4) is 0 Å². The lowest BCUT2D eigenvalue weighted by molar-refractivity contribution is -0.127. The van der Waals surface area contributed by atoms with Gasteiger partial charge >= 0.3 is 0 Å². The molecule has 4 aromatic rings. The van der Waals surface area contributed by atoms with Crippen LogP contribution in [0.25, 0.3) is 0 Å². The first kappa shape index (κ1) is 26.6. The maximum Gasteiger partial charge on any atom is 0.251 e. The van der Waals surface area contributed by atoms with Crippen LogP contribution < -0.4 is 19.7 Å². The first-order chi connectivity index (χ1) is 19.9. The molecule has 7 heteroatoms. The summed E-state index contributed by atoms with van der Waals surface area (Å²) < 4.78 is 12.8. The van der Waals surface area contributed by atoms with E-state index in [1.807, 2.05) is 49.4 Å². The molecule has 2 atom stereocenters. The van der Waals surface area contributed by atoms with Crippen LogP contribution in [0.1, 0.15) is 58.3 Å². The number of amides is 2. The number of piperidine rings is 1. The zero-order valence-electron chi connectivity index (χ0n) is 23.3. The van der Waals surface area contributed by atoms with Crippen molar-refractivity contribution in [3.8, 4) is 11.5 Å². The Morgan fingerprint density at radius 1 is 1.05 bits per heavy atom. The monoisotopic (exact) mass is 547 g/mol. The van der Waals surface area contributed by atoms with Crippen LogP contribution in [0.5, 0.6) is 11.5 Å². The highest BCUT2D eigenvalue weighted by Gasteiger charge is 2.50. The predicted octanol–water partition coefficient (Wildman–Crippen LogP) is 5.96. The Morgan fingerprint density at radius 3 is 2.63 bits per heavy atom. The average Bonchev–Trinajstić information content (AvgIpc) is 2.97. The molecule has 0 saturated carbocycles. The molecule has 2 aliphatic rings. The van der Waals surface area contributed by atoms with E-state index in [1.54, 1.807) is 29.4 Å². The van der Waals surface area contributed by atoms with Gasteiger partial charge in [0.25, 0.3) is 5.91 Å². The molecule has 2 amide bonds. The number of ether oxygens (including phenoxy) is 2. The number of hydrogen-bond donors (Lipinski definition) is 1. The number of pyridine rings is 1. The number of carbonyl (C=O) groups excluding carboxylic acids is 2. The van der Waals surface area contributed by atoms with Crippen LogP contribution >= 0.6 is 0 Å². The highest BCUT2D eigenvalue weighted by Crippen LogP contribution is 2.52. The molecule has 0 aliphatic carbocycles. The number of nitrogens with one attached hydrogen (secondary N) is 1. The molecule has 0 spiro atoms. The Balaban J connectivity index is 1.20. The van der Waals surface area contributed by atoms with E-state index in [1.165, 1.54) is 11.1 Å². The van der Waals surface area contributed by atoms with E-state index in [2.05, 4.69) is 41.5 Å². The first-order valence-electron chi connectivity index (χ1n) is 14.0. The minimum absolute atomic E-state index is 0.0187. The van der Waals surface area contributed by atoms with Gasteiger partial charge in [-0.3, -0.25) is 19.5 Å². The van der Waals surface area contributed by atoms with Gasteiger partial charge in [-0.2, -0.15) is 0 Å². The molecule has 1 aromatic heterocycles. The van der Waals surface area contributed by atoms with Crippen LogP contribution in [0.2, 0.25) is 0 Å². The molecule has 3 heterocycles. The Kier molecular flexibility index (Phi) is 7.18. The molecule has 1 saturated heterocycles. The fraction of sp³-hybridized carbons (Fsp3) is 0.265. The Morgan fingerprint density at radius 2 is 1.83 bits per heavy atom. The van der Waals surface area contributed by atoms with E-state index in [4.69, 9.17) is 9.47 Å². The van der Waals surface area contributed by atoms with Crippen molar-refractivity contribution < 1.29 is 19.1 Å². The third kappa shape index (κ3) is 5.53. The van der Waals surface area contributed by atoms with Crippen molar-refractivity contribution >= 4 is 17.5 Å². The standard InChI is InChI=1S/C34H33N3O4/c1-23-9-11-24(12-10-23)15-18-36-33(39)26-5-3-6-28(19-26)37-31(38)20-27-21-34(37,2)41-32-29(27)7-4-8-30(32)40-22-25-13-16-35-17-14-25/h3-14,16-17,19,27H,15,18,20-22H2,1-2H3,(H,36,39). The van der Waals surface area contributed by atoms with Crippen molar-refractivity contribution in [3.63, 3.8) is 0 Å². The lowest BCUT2D eigenvalue weighted by atomic mass is 9.80. The summed E-state index contributed by atoms with van der Waals surface area (Å²) >= 11 is 0. The zero-order valence-corrected chi connectivity index (χ0v) is 23.3. The Labute approximate surface area is 240 Å². The van der Waals surface area contributed by atoms with Gasteiger partial charge in [-0.1, -0.05) is 48.0 Å². The van der Waals surface area contributed by atoms with Crippen LogP contribution in [-0.4, -0.2) is 29.1 Å². The van der Waals surface area contributed by atoms with Crippen molar-refractivity contribution in [1.82, 2.24) is 10.3 Å². The zero-order chi connectivity index (χ0) is 28.4. The molecule has 2 unspecified atom stereocenters. The number of anilines is 1. The lowest BCUT2D eigenvalue weighted by Crippen LogP contribution is -2.60. The van der Waals surface area contributed by atoms with E-state index in [-0.39, 0.29) is 17.7 Å². The first-order valence-corrected chi connectivity index (χ1v) is 14.0. The van der Waals surface area contributed by atoms with Crippen molar-refractivity contribution in [2.24, 2.45) is 0 Å². The molecule has 7 nitrogen and oxygen atoms in total. The van der Waals surface area contributed by atoms with Gasteiger partial charge < -0.3 is 14.8 Å². The molecule has 208 valence electrons. The molecule has 3 aromatic carbocycles. The van der Waals surface area contributed by atoms with E-state index in [0.717, 1.165) is 17.5 Å². The summed E-state index contributed by atoms with van der Waals surface area (Å²) in [6.07, 6.45) is 5.22. The molecule has 1 N–H and O–H groups in total. The summed E-state index contributed by atoms with van der Waals surface area (Å²) in [5.74, 6) is 1.13. The van der Waals surface area contributed by atoms with E-state index >= 15 is 0 Å². The largest absolute Gasteiger partial charge is 0.485 e. The second-order valence-electron chi connectivity index (χ2n) is 11.0. The average molecular weight is 548 g/mol. The minimum Gasteiger partial charge on any atom is -0.485 e. The number of carbonyl (C=O) groups is 2. The summed E-state index contributed by atoms with van der Waals surface area (Å²) in [5.41, 5.74) is 4.59. The van der Waals surface area contributed by atoms with Gasteiger partial charge in [-0.05, 0) is 67.8 Å². The van der Waals surface area contributed by atoms with Gasteiger partial charge in [0.2, 0.25) is 5.91 Å². The summed E-state index contributed by atoms with van der Waals surface area (Å²) in [7, 11) is 0. The molecule has 41 heavy (non-hydrogen) atoms. The van der Waals surface area contributed by atoms with Crippen LogP contribution in [0.4, 0.5) is 5.69 Å². The van der Waals surface area contributed by atoms with E-state index in [9.17, 15) is 9.59 Å². The summed E-state index contributed by atoms with van der Waals surface area (Å²) in [6.45, 7) is 4.90. The maximum atomic E-state index is 13.6. The van der Waals surface area contributed by atoms with Gasteiger partial charge in [-0.25, -0.2) is 0 Å². The van der Waals surface area contributed by atoms with Gasteiger partial charge in [0, 0.05) is 54.5 Å². The molecular weight excluding hydrogens is 514 g/mol.